The number of hydrogen-bond acceptors (Lipinski definition) is 3. The first-order chi connectivity index (χ1) is 11.2. The number of halogens is 2. The standard InChI is InChI=1S/C17H21FN4O.HI/c1-2-19-16(20-11-13-7-10-23-22-13)21-12-17(8-9-17)14-5-3-4-6-15(14)18;/h3-7,10H,2,8-9,11-12H2,1H3,(H2,19,20,21);1H. The molecule has 0 bridgehead atoms. The fourth-order valence-corrected chi connectivity index (χ4v) is 2.66. The Morgan fingerprint density at radius 3 is 2.71 bits per heavy atom. The molecule has 2 N–H and O–H groups in total. The molecule has 130 valence electrons. The van der Waals surface area contributed by atoms with Crippen LogP contribution in [0.15, 0.2) is 46.1 Å². The number of guanidine groups is 1. The molecule has 2 aromatic rings. The molecule has 1 heterocycles. The molecule has 3 rings (SSSR count). The summed E-state index contributed by atoms with van der Waals surface area (Å²) in [4.78, 5) is 4.48. The average Bonchev–Trinajstić information content (AvgIpc) is 3.16. The number of aromatic nitrogens is 1. The summed E-state index contributed by atoms with van der Waals surface area (Å²) in [7, 11) is 0. The first-order valence-corrected chi connectivity index (χ1v) is 7.90. The van der Waals surface area contributed by atoms with Gasteiger partial charge in [0.25, 0.3) is 0 Å². The normalized spacial score (nSPS) is 15.5. The van der Waals surface area contributed by atoms with E-state index in [9.17, 15) is 4.39 Å². The number of nitrogens with one attached hydrogen (secondary N) is 2. The Labute approximate surface area is 158 Å². The number of nitrogens with zero attached hydrogens (tertiary/aromatic N) is 2. The van der Waals surface area contributed by atoms with Crippen LogP contribution in [0, 0.1) is 5.82 Å². The predicted molar refractivity (Wildman–Crippen MR) is 102 cm³/mol. The van der Waals surface area contributed by atoms with Crippen molar-refractivity contribution in [3.63, 3.8) is 0 Å². The summed E-state index contributed by atoms with van der Waals surface area (Å²) in [5.41, 5.74) is 1.45. The minimum absolute atomic E-state index is 0. The van der Waals surface area contributed by atoms with E-state index in [1.807, 2.05) is 19.1 Å². The predicted octanol–water partition coefficient (Wildman–Crippen LogP) is 3.22. The fourth-order valence-electron chi connectivity index (χ4n) is 2.66. The highest BCUT2D eigenvalue weighted by Gasteiger charge is 2.45. The van der Waals surface area contributed by atoms with Crippen molar-refractivity contribution in [3.8, 4) is 0 Å². The first kappa shape index (κ1) is 18.7. The SMILES string of the molecule is CCNC(=NCc1ccon1)NCC1(c2ccccc2F)CC1.I. The zero-order valence-corrected chi connectivity index (χ0v) is 15.9. The molecule has 0 spiro atoms. The van der Waals surface area contributed by atoms with Gasteiger partial charge in [0, 0.05) is 24.6 Å². The Morgan fingerprint density at radius 2 is 2.08 bits per heavy atom. The molecule has 1 aromatic carbocycles. The summed E-state index contributed by atoms with van der Waals surface area (Å²) in [5.74, 6) is 0.578. The van der Waals surface area contributed by atoms with Gasteiger partial charge in [-0.15, -0.1) is 24.0 Å². The summed E-state index contributed by atoms with van der Waals surface area (Å²) in [6.07, 6.45) is 3.51. The Balaban J connectivity index is 0.00000208. The molecule has 1 fully saturated rings. The molecular formula is C17H22FIN4O. The molecule has 7 heteroatoms. The van der Waals surface area contributed by atoms with Crippen LogP contribution < -0.4 is 10.6 Å². The molecule has 0 unspecified atom stereocenters. The maximum Gasteiger partial charge on any atom is 0.191 e. The molecule has 5 nitrogen and oxygen atoms in total. The van der Waals surface area contributed by atoms with Gasteiger partial charge in [0.15, 0.2) is 5.96 Å². The number of rotatable bonds is 6. The van der Waals surface area contributed by atoms with E-state index in [1.54, 1.807) is 12.1 Å². The lowest BCUT2D eigenvalue weighted by Crippen LogP contribution is -2.41. The lowest BCUT2D eigenvalue weighted by molar-refractivity contribution is 0.412. The molecule has 0 radical (unpaired) electrons. The first-order valence-electron chi connectivity index (χ1n) is 7.90. The summed E-state index contributed by atoms with van der Waals surface area (Å²) >= 11 is 0. The van der Waals surface area contributed by atoms with Crippen LogP contribution in [0.5, 0.6) is 0 Å². The number of aliphatic imine (C=N–C) groups is 1. The van der Waals surface area contributed by atoms with Crippen molar-refractivity contribution in [1.29, 1.82) is 0 Å². The van der Waals surface area contributed by atoms with Gasteiger partial charge in [0.05, 0.1) is 6.54 Å². The van der Waals surface area contributed by atoms with Crippen molar-refractivity contribution >= 4 is 29.9 Å². The van der Waals surface area contributed by atoms with E-state index in [0.29, 0.717) is 19.0 Å². The van der Waals surface area contributed by atoms with Crippen molar-refractivity contribution in [2.45, 2.75) is 31.7 Å². The largest absolute Gasteiger partial charge is 0.364 e. The third-order valence-corrected chi connectivity index (χ3v) is 4.13. The van der Waals surface area contributed by atoms with E-state index in [1.165, 1.54) is 12.3 Å². The quantitative estimate of drug-likeness (QED) is 0.408. The molecule has 1 aliphatic rings. The Kier molecular flexibility index (Phi) is 6.59. The lowest BCUT2D eigenvalue weighted by atomic mass is 9.95. The number of hydrogen-bond donors (Lipinski definition) is 2. The number of benzene rings is 1. The summed E-state index contributed by atoms with van der Waals surface area (Å²) in [5, 5.41) is 10.4. The fraction of sp³-hybridized carbons (Fsp3) is 0.412. The van der Waals surface area contributed by atoms with E-state index >= 15 is 0 Å². The van der Waals surface area contributed by atoms with Crippen LogP contribution in [0.1, 0.15) is 31.0 Å². The Bertz CT molecular complexity index is 671. The van der Waals surface area contributed by atoms with Gasteiger partial charge in [-0.05, 0) is 31.4 Å². The molecule has 0 amide bonds. The van der Waals surface area contributed by atoms with Crippen molar-refractivity contribution in [1.82, 2.24) is 15.8 Å². The van der Waals surface area contributed by atoms with Crippen molar-refractivity contribution in [3.05, 3.63) is 53.7 Å². The monoisotopic (exact) mass is 444 g/mol. The van der Waals surface area contributed by atoms with Gasteiger partial charge >= 0.3 is 0 Å². The second-order valence-corrected chi connectivity index (χ2v) is 5.80. The van der Waals surface area contributed by atoms with E-state index in [0.717, 1.165) is 30.6 Å². The van der Waals surface area contributed by atoms with Crippen molar-refractivity contribution in [2.24, 2.45) is 4.99 Å². The van der Waals surface area contributed by atoms with Crippen LogP contribution in [0.25, 0.3) is 0 Å². The molecule has 0 saturated heterocycles. The third kappa shape index (κ3) is 4.46. The second kappa shape index (κ2) is 8.46. The second-order valence-electron chi connectivity index (χ2n) is 5.80. The van der Waals surface area contributed by atoms with Crippen LogP contribution in [-0.2, 0) is 12.0 Å². The Morgan fingerprint density at radius 1 is 1.29 bits per heavy atom. The zero-order chi connectivity index (χ0) is 16.1. The smallest absolute Gasteiger partial charge is 0.191 e. The summed E-state index contributed by atoms with van der Waals surface area (Å²) in [6, 6.07) is 8.81. The van der Waals surface area contributed by atoms with E-state index in [-0.39, 0.29) is 35.2 Å². The molecule has 0 aliphatic heterocycles. The van der Waals surface area contributed by atoms with Gasteiger partial charge in [-0.25, -0.2) is 9.38 Å². The summed E-state index contributed by atoms with van der Waals surface area (Å²) < 4.78 is 18.8. The maximum atomic E-state index is 14.0. The van der Waals surface area contributed by atoms with Crippen LogP contribution >= 0.6 is 24.0 Å². The third-order valence-electron chi connectivity index (χ3n) is 4.13. The maximum absolute atomic E-state index is 14.0. The minimum atomic E-state index is -0.128. The highest BCUT2D eigenvalue weighted by Crippen LogP contribution is 2.48. The molecular weight excluding hydrogens is 422 g/mol. The molecule has 1 saturated carbocycles. The van der Waals surface area contributed by atoms with Gasteiger partial charge in [-0.3, -0.25) is 0 Å². The van der Waals surface area contributed by atoms with E-state index in [4.69, 9.17) is 4.52 Å². The van der Waals surface area contributed by atoms with E-state index < -0.39 is 0 Å². The summed E-state index contributed by atoms with van der Waals surface area (Å²) in [6.45, 7) is 3.88. The van der Waals surface area contributed by atoms with Crippen LogP contribution in [-0.4, -0.2) is 24.2 Å². The lowest BCUT2D eigenvalue weighted by Gasteiger charge is -2.19. The van der Waals surface area contributed by atoms with Gasteiger partial charge in [0.1, 0.15) is 17.8 Å². The van der Waals surface area contributed by atoms with Crippen LogP contribution in [0.3, 0.4) is 0 Å². The van der Waals surface area contributed by atoms with Crippen LogP contribution in [0.4, 0.5) is 4.39 Å². The van der Waals surface area contributed by atoms with E-state index in [2.05, 4.69) is 20.8 Å². The highest BCUT2D eigenvalue weighted by molar-refractivity contribution is 14.0. The minimum Gasteiger partial charge on any atom is -0.364 e. The topological polar surface area (TPSA) is 62.5 Å². The average molecular weight is 444 g/mol. The van der Waals surface area contributed by atoms with Crippen molar-refractivity contribution < 1.29 is 8.91 Å². The molecule has 1 aliphatic carbocycles. The zero-order valence-electron chi connectivity index (χ0n) is 13.6. The van der Waals surface area contributed by atoms with Gasteiger partial charge in [-0.1, -0.05) is 23.4 Å². The molecule has 1 aromatic heterocycles. The Hall–Kier alpha value is -1.64. The van der Waals surface area contributed by atoms with Crippen LogP contribution in [0.2, 0.25) is 0 Å². The van der Waals surface area contributed by atoms with Gasteiger partial charge in [-0.2, -0.15) is 0 Å². The van der Waals surface area contributed by atoms with Gasteiger partial charge < -0.3 is 15.2 Å². The van der Waals surface area contributed by atoms with Gasteiger partial charge in [0.2, 0.25) is 0 Å². The molecule has 0 atom stereocenters. The van der Waals surface area contributed by atoms with Crippen molar-refractivity contribution in [2.75, 3.05) is 13.1 Å². The highest BCUT2D eigenvalue weighted by atomic mass is 127. The molecule has 24 heavy (non-hydrogen) atoms.